The third-order valence-electron chi connectivity index (χ3n) is 2.77. The molecule has 21 heavy (non-hydrogen) atoms. The molecule has 0 aliphatic heterocycles. The van der Waals surface area contributed by atoms with Crippen LogP contribution >= 0.6 is 15.9 Å². The van der Waals surface area contributed by atoms with E-state index >= 15 is 0 Å². The Kier molecular flexibility index (Phi) is 3.53. The number of benzene rings is 2. The molecule has 0 amide bonds. The summed E-state index contributed by atoms with van der Waals surface area (Å²) in [5.74, 6) is -0.709. The van der Waals surface area contributed by atoms with Crippen LogP contribution in [0.25, 0.3) is 10.9 Å². The lowest BCUT2D eigenvalue weighted by molar-refractivity contribution is 0.0683. The number of hydrogen-bond donors (Lipinski definition) is 1. The van der Waals surface area contributed by atoms with Crippen molar-refractivity contribution >= 4 is 32.8 Å². The van der Waals surface area contributed by atoms with Crippen LogP contribution in [-0.2, 0) is 0 Å². The topological polar surface area (TPSA) is 72.3 Å². The first kappa shape index (κ1) is 13.5. The first-order valence-electron chi connectivity index (χ1n) is 6.07. The lowest BCUT2D eigenvalue weighted by atomic mass is 10.2. The molecule has 104 valence electrons. The van der Waals surface area contributed by atoms with E-state index in [1.807, 2.05) is 18.2 Å². The van der Waals surface area contributed by atoms with Crippen LogP contribution in [0.5, 0.6) is 11.6 Å². The molecule has 0 atom stereocenters. The number of carboxylic acids is 1. The first-order valence-corrected chi connectivity index (χ1v) is 6.86. The Morgan fingerprint density at radius 3 is 2.67 bits per heavy atom. The van der Waals surface area contributed by atoms with Gasteiger partial charge in [-0.2, -0.15) is 4.98 Å². The third kappa shape index (κ3) is 2.85. The highest BCUT2D eigenvalue weighted by atomic mass is 79.9. The van der Waals surface area contributed by atoms with Crippen LogP contribution in [0, 0.1) is 0 Å². The van der Waals surface area contributed by atoms with Crippen LogP contribution in [-0.4, -0.2) is 21.0 Å². The maximum atomic E-state index is 11.1. The van der Waals surface area contributed by atoms with Crippen LogP contribution in [0.15, 0.2) is 53.0 Å². The second-order valence-electron chi connectivity index (χ2n) is 4.23. The van der Waals surface area contributed by atoms with Crippen LogP contribution < -0.4 is 4.74 Å². The van der Waals surface area contributed by atoms with Crippen LogP contribution in [0.4, 0.5) is 0 Å². The summed E-state index contributed by atoms with van der Waals surface area (Å²) in [6.45, 7) is 0. The maximum absolute atomic E-state index is 11.1. The van der Waals surface area contributed by atoms with E-state index in [-0.39, 0.29) is 11.7 Å². The van der Waals surface area contributed by atoms with E-state index in [1.54, 1.807) is 30.3 Å². The zero-order valence-electron chi connectivity index (χ0n) is 10.7. The molecule has 0 aliphatic carbocycles. The summed E-state index contributed by atoms with van der Waals surface area (Å²) in [4.78, 5) is 19.1. The highest BCUT2D eigenvalue weighted by Crippen LogP contribution is 2.28. The summed E-state index contributed by atoms with van der Waals surface area (Å²) in [6.07, 6.45) is 0. The minimum absolute atomic E-state index is 0.219. The van der Waals surface area contributed by atoms with Gasteiger partial charge in [0, 0.05) is 4.47 Å². The van der Waals surface area contributed by atoms with Gasteiger partial charge < -0.3 is 9.84 Å². The van der Waals surface area contributed by atoms with Crippen molar-refractivity contribution < 1.29 is 14.6 Å². The Morgan fingerprint density at radius 2 is 1.90 bits per heavy atom. The summed E-state index contributed by atoms with van der Waals surface area (Å²) < 4.78 is 6.58. The fourth-order valence-electron chi connectivity index (χ4n) is 1.86. The van der Waals surface area contributed by atoms with Gasteiger partial charge in [0.2, 0.25) is 11.7 Å². The Hall–Kier alpha value is -2.47. The smallest absolute Gasteiger partial charge is 0.374 e. The minimum atomic E-state index is -1.19. The number of fused-ring (bicyclic) bond motifs is 1. The van der Waals surface area contributed by atoms with Crippen molar-refractivity contribution in [3.63, 3.8) is 0 Å². The lowest BCUT2D eigenvalue weighted by Gasteiger charge is -2.08. The summed E-state index contributed by atoms with van der Waals surface area (Å²) >= 11 is 3.36. The molecule has 3 rings (SSSR count). The fourth-order valence-corrected chi connectivity index (χ4v) is 2.24. The molecule has 5 nitrogen and oxygen atoms in total. The van der Waals surface area contributed by atoms with Gasteiger partial charge >= 0.3 is 5.97 Å². The number of hydrogen-bond acceptors (Lipinski definition) is 4. The molecule has 0 saturated carbocycles. The normalized spacial score (nSPS) is 10.5. The quantitative estimate of drug-likeness (QED) is 0.780. The van der Waals surface area contributed by atoms with Gasteiger partial charge in [0.25, 0.3) is 0 Å². The van der Waals surface area contributed by atoms with Gasteiger partial charge in [-0.1, -0.05) is 34.1 Å². The number of rotatable bonds is 3. The van der Waals surface area contributed by atoms with Crippen molar-refractivity contribution in [3.8, 4) is 11.6 Å². The SMILES string of the molecule is O=C(O)c1nc(Oc2cccc(Br)c2)c2ccccc2n1. The summed E-state index contributed by atoms with van der Waals surface area (Å²) in [7, 11) is 0. The van der Waals surface area contributed by atoms with E-state index in [0.29, 0.717) is 16.7 Å². The average molecular weight is 345 g/mol. The van der Waals surface area contributed by atoms with Gasteiger partial charge in [-0.25, -0.2) is 9.78 Å². The summed E-state index contributed by atoms with van der Waals surface area (Å²) in [5.41, 5.74) is 0.523. The first-order chi connectivity index (χ1) is 10.1. The van der Waals surface area contributed by atoms with Crippen molar-refractivity contribution in [1.82, 2.24) is 9.97 Å². The molecule has 1 N–H and O–H groups in total. The van der Waals surface area contributed by atoms with Gasteiger partial charge in [0.15, 0.2) is 0 Å². The van der Waals surface area contributed by atoms with Crippen molar-refractivity contribution in [2.45, 2.75) is 0 Å². The number of carbonyl (C=O) groups is 1. The van der Waals surface area contributed by atoms with E-state index in [0.717, 1.165) is 4.47 Å². The predicted octanol–water partition coefficient (Wildman–Crippen LogP) is 3.88. The number of ether oxygens (including phenoxy) is 1. The Labute approximate surface area is 128 Å². The number of para-hydroxylation sites is 1. The molecule has 1 aromatic heterocycles. The van der Waals surface area contributed by atoms with Gasteiger partial charge in [-0.05, 0) is 30.3 Å². The van der Waals surface area contributed by atoms with E-state index in [4.69, 9.17) is 9.84 Å². The number of nitrogens with zero attached hydrogens (tertiary/aromatic N) is 2. The molecular formula is C15H9BrN2O3. The second kappa shape index (κ2) is 5.49. The number of carboxylic acid groups (broad SMARTS) is 1. The van der Waals surface area contributed by atoms with E-state index in [1.165, 1.54) is 0 Å². The Bertz CT molecular complexity index is 836. The van der Waals surface area contributed by atoms with Gasteiger partial charge in [0.1, 0.15) is 5.75 Å². The Balaban J connectivity index is 2.13. The molecule has 0 radical (unpaired) electrons. The van der Waals surface area contributed by atoms with Crippen LogP contribution in [0.2, 0.25) is 0 Å². The van der Waals surface area contributed by atoms with Gasteiger partial charge in [-0.15, -0.1) is 0 Å². The summed E-state index contributed by atoms with van der Waals surface area (Å²) in [6, 6.07) is 14.3. The molecule has 0 saturated heterocycles. The second-order valence-corrected chi connectivity index (χ2v) is 5.15. The van der Waals surface area contributed by atoms with Gasteiger partial charge in [0.05, 0.1) is 10.9 Å². The standard InChI is InChI=1S/C15H9BrN2O3/c16-9-4-3-5-10(8-9)21-14-11-6-1-2-7-12(11)17-13(18-14)15(19)20/h1-8H,(H,19,20). The largest absolute Gasteiger partial charge is 0.475 e. The Morgan fingerprint density at radius 1 is 1.10 bits per heavy atom. The molecule has 0 bridgehead atoms. The molecule has 2 aromatic carbocycles. The molecule has 0 spiro atoms. The van der Waals surface area contributed by atoms with E-state index in [2.05, 4.69) is 25.9 Å². The third-order valence-corrected chi connectivity index (χ3v) is 3.26. The van der Waals surface area contributed by atoms with Crippen molar-refractivity contribution in [2.75, 3.05) is 0 Å². The number of aromatic carboxylic acids is 1. The predicted molar refractivity (Wildman–Crippen MR) is 80.7 cm³/mol. The number of halogens is 1. The molecule has 1 heterocycles. The van der Waals surface area contributed by atoms with Crippen molar-refractivity contribution in [1.29, 1.82) is 0 Å². The van der Waals surface area contributed by atoms with Crippen molar-refractivity contribution in [3.05, 3.63) is 58.8 Å². The maximum Gasteiger partial charge on any atom is 0.374 e. The monoisotopic (exact) mass is 344 g/mol. The van der Waals surface area contributed by atoms with Gasteiger partial charge in [-0.3, -0.25) is 0 Å². The molecule has 0 fully saturated rings. The van der Waals surface area contributed by atoms with E-state index < -0.39 is 5.97 Å². The lowest BCUT2D eigenvalue weighted by Crippen LogP contribution is -2.05. The van der Waals surface area contributed by atoms with E-state index in [9.17, 15) is 4.79 Å². The average Bonchev–Trinajstić information content (AvgIpc) is 2.47. The van der Waals surface area contributed by atoms with Crippen LogP contribution in [0.3, 0.4) is 0 Å². The molecule has 0 aliphatic rings. The fraction of sp³-hybridized carbons (Fsp3) is 0. The molecular weight excluding hydrogens is 336 g/mol. The highest BCUT2D eigenvalue weighted by Gasteiger charge is 2.14. The summed E-state index contributed by atoms with van der Waals surface area (Å²) in [5, 5.41) is 9.75. The molecule has 6 heteroatoms. The number of aromatic nitrogens is 2. The zero-order chi connectivity index (χ0) is 14.8. The minimum Gasteiger partial charge on any atom is -0.475 e. The molecule has 3 aromatic rings. The molecule has 0 unspecified atom stereocenters. The van der Waals surface area contributed by atoms with Crippen LogP contribution in [0.1, 0.15) is 10.6 Å². The highest BCUT2D eigenvalue weighted by molar-refractivity contribution is 9.10. The van der Waals surface area contributed by atoms with Crippen molar-refractivity contribution in [2.24, 2.45) is 0 Å². The zero-order valence-corrected chi connectivity index (χ0v) is 12.2.